The van der Waals surface area contributed by atoms with E-state index < -0.39 is 35.3 Å². The molecule has 8 heteroatoms. The smallest absolute Gasteiger partial charge is 0.342 e. The van der Waals surface area contributed by atoms with Crippen molar-refractivity contribution in [1.82, 2.24) is 9.78 Å². The van der Waals surface area contributed by atoms with Crippen LogP contribution in [-0.2, 0) is 9.53 Å². The number of halogens is 2. The Balaban J connectivity index is 1.76. The van der Waals surface area contributed by atoms with Gasteiger partial charge in [0.2, 0.25) is 0 Å². The zero-order valence-electron chi connectivity index (χ0n) is 16.1. The van der Waals surface area contributed by atoms with Gasteiger partial charge in [0.25, 0.3) is 5.91 Å². The third-order valence-electron chi connectivity index (χ3n) is 4.36. The van der Waals surface area contributed by atoms with Crippen molar-refractivity contribution in [2.45, 2.75) is 26.9 Å². The van der Waals surface area contributed by atoms with Gasteiger partial charge < -0.3 is 10.1 Å². The first-order valence-electron chi connectivity index (χ1n) is 8.87. The number of carbonyl (C=O) groups excluding carboxylic acids is 2. The molecule has 0 unspecified atom stereocenters. The topological polar surface area (TPSA) is 73.2 Å². The summed E-state index contributed by atoms with van der Waals surface area (Å²) in [6, 6.07) is 12.4. The largest absolute Gasteiger partial charge is 0.449 e. The van der Waals surface area contributed by atoms with Crippen molar-refractivity contribution < 1.29 is 23.1 Å². The molecule has 1 aromatic heterocycles. The van der Waals surface area contributed by atoms with Gasteiger partial charge >= 0.3 is 5.97 Å². The molecule has 0 aliphatic carbocycles. The van der Waals surface area contributed by atoms with Crippen LogP contribution in [0.2, 0.25) is 0 Å². The summed E-state index contributed by atoms with van der Waals surface area (Å²) in [6.07, 6.45) is -1.28. The highest BCUT2D eigenvalue weighted by Crippen LogP contribution is 2.21. The van der Waals surface area contributed by atoms with Crippen LogP contribution >= 0.6 is 0 Å². The number of aromatic nitrogens is 2. The van der Waals surface area contributed by atoms with Crippen LogP contribution in [0, 0.1) is 25.5 Å². The van der Waals surface area contributed by atoms with Crippen molar-refractivity contribution in [3.05, 3.63) is 77.1 Å². The molecule has 6 nitrogen and oxygen atoms in total. The Morgan fingerprint density at radius 2 is 1.66 bits per heavy atom. The third kappa shape index (κ3) is 4.16. The van der Waals surface area contributed by atoms with Gasteiger partial charge in [-0.15, -0.1) is 0 Å². The molecule has 1 amide bonds. The van der Waals surface area contributed by atoms with Gasteiger partial charge in [-0.05, 0) is 45.0 Å². The van der Waals surface area contributed by atoms with E-state index in [0.29, 0.717) is 11.4 Å². The molecule has 0 saturated heterocycles. The maximum Gasteiger partial charge on any atom is 0.342 e. The number of para-hydroxylation sites is 2. The second kappa shape index (κ2) is 8.22. The van der Waals surface area contributed by atoms with E-state index in [4.69, 9.17) is 4.74 Å². The molecule has 3 aromatic rings. The van der Waals surface area contributed by atoms with E-state index in [0.717, 1.165) is 17.8 Å². The van der Waals surface area contributed by atoms with E-state index in [2.05, 4.69) is 10.4 Å². The number of hydrogen-bond donors (Lipinski definition) is 1. The number of hydrogen-bond acceptors (Lipinski definition) is 4. The number of aryl methyl sites for hydroxylation is 1. The van der Waals surface area contributed by atoms with Crippen LogP contribution in [0.15, 0.2) is 48.5 Å². The van der Waals surface area contributed by atoms with E-state index in [1.807, 2.05) is 30.3 Å². The van der Waals surface area contributed by atoms with Gasteiger partial charge in [0.05, 0.1) is 17.1 Å². The highest BCUT2D eigenvalue weighted by molar-refractivity contribution is 5.98. The zero-order valence-corrected chi connectivity index (χ0v) is 16.1. The van der Waals surface area contributed by atoms with E-state index in [1.165, 1.54) is 13.0 Å². The number of anilines is 1. The van der Waals surface area contributed by atoms with Gasteiger partial charge in [0, 0.05) is 0 Å². The number of nitrogens with zero attached hydrogens (tertiary/aromatic N) is 2. The number of ether oxygens (including phenoxy) is 1. The summed E-state index contributed by atoms with van der Waals surface area (Å²) >= 11 is 0. The SMILES string of the molecule is Cc1nn(-c2ccccc2)c(C)c1C(=O)O[C@H](C)C(=O)Nc1c(F)cccc1F. The molecule has 1 atom stereocenters. The standard InChI is InChI=1S/C21H19F2N3O3/c1-12-18(13(2)26(25-12)15-8-5-4-6-9-15)21(28)29-14(3)20(27)24-19-16(22)10-7-11-17(19)23/h4-11,14H,1-3H3,(H,24,27)/t14-/m1/s1. The first-order chi connectivity index (χ1) is 13.8. The minimum absolute atomic E-state index is 0.227. The fourth-order valence-electron chi connectivity index (χ4n) is 2.87. The second-order valence-electron chi connectivity index (χ2n) is 6.43. The van der Waals surface area contributed by atoms with E-state index in [9.17, 15) is 18.4 Å². The predicted molar refractivity (Wildman–Crippen MR) is 103 cm³/mol. The summed E-state index contributed by atoms with van der Waals surface area (Å²) in [7, 11) is 0. The Bertz CT molecular complexity index is 1040. The molecular weight excluding hydrogens is 380 g/mol. The summed E-state index contributed by atoms with van der Waals surface area (Å²) in [4.78, 5) is 24.9. The lowest BCUT2D eigenvalue weighted by atomic mass is 10.2. The van der Waals surface area contributed by atoms with E-state index in [-0.39, 0.29) is 5.56 Å². The van der Waals surface area contributed by atoms with E-state index in [1.54, 1.807) is 18.5 Å². The van der Waals surface area contributed by atoms with Crippen LogP contribution in [0.3, 0.4) is 0 Å². The minimum atomic E-state index is -1.28. The van der Waals surface area contributed by atoms with Gasteiger partial charge in [-0.25, -0.2) is 18.3 Å². The quantitative estimate of drug-likeness (QED) is 0.660. The third-order valence-corrected chi connectivity index (χ3v) is 4.36. The van der Waals surface area contributed by atoms with Crippen LogP contribution in [0.1, 0.15) is 28.7 Å². The Morgan fingerprint density at radius 3 is 2.28 bits per heavy atom. The molecule has 0 saturated carbocycles. The first-order valence-corrected chi connectivity index (χ1v) is 8.87. The van der Waals surface area contributed by atoms with Crippen molar-refractivity contribution >= 4 is 17.6 Å². The van der Waals surface area contributed by atoms with Crippen molar-refractivity contribution in [1.29, 1.82) is 0 Å². The van der Waals surface area contributed by atoms with Crippen LogP contribution in [0.4, 0.5) is 14.5 Å². The van der Waals surface area contributed by atoms with Crippen LogP contribution in [-0.4, -0.2) is 27.8 Å². The maximum atomic E-state index is 13.7. The summed E-state index contributed by atoms with van der Waals surface area (Å²) in [6.45, 7) is 4.68. The average molecular weight is 399 g/mol. The molecule has 2 aromatic carbocycles. The summed E-state index contributed by atoms with van der Waals surface area (Å²) in [5, 5.41) is 6.47. The first kappa shape index (κ1) is 20.2. The lowest BCUT2D eigenvalue weighted by Crippen LogP contribution is -2.31. The van der Waals surface area contributed by atoms with Crippen LogP contribution in [0.25, 0.3) is 5.69 Å². The number of esters is 1. The van der Waals surface area contributed by atoms with Gasteiger partial charge in [-0.1, -0.05) is 24.3 Å². The lowest BCUT2D eigenvalue weighted by Gasteiger charge is -2.14. The van der Waals surface area contributed by atoms with Crippen LogP contribution in [0.5, 0.6) is 0 Å². The number of amides is 1. The molecule has 0 bridgehead atoms. The molecule has 29 heavy (non-hydrogen) atoms. The fraction of sp³-hybridized carbons (Fsp3) is 0.190. The fourth-order valence-corrected chi connectivity index (χ4v) is 2.87. The lowest BCUT2D eigenvalue weighted by molar-refractivity contribution is -0.123. The Hall–Kier alpha value is -3.55. The van der Waals surface area contributed by atoms with Gasteiger partial charge in [0.1, 0.15) is 22.9 Å². The second-order valence-corrected chi connectivity index (χ2v) is 6.43. The normalized spacial score (nSPS) is 11.8. The van der Waals surface area contributed by atoms with E-state index >= 15 is 0 Å². The minimum Gasteiger partial charge on any atom is -0.449 e. The highest BCUT2D eigenvalue weighted by atomic mass is 19.1. The molecule has 3 rings (SSSR count). The van der Waals surface area contributed by atoms with Crippen molar-refractivity contribution in [3.8, 4) is 5.69 Å². The number of carbonyl (C=O) groups is 2. The molecular formula is C21H19F2N3O3. The van der Waals surface area contributed by atoms with Crippen molar-refractivity contribution in [2.24, 2.45) is 0 Å². The zero-order chi connectivity index (χ0) is 21.1. The Morgan fingerprint density at radius 1 is 1.03 bits per heavy atom. The molecule has 0 radical (unpaired) electrons. The molecule has 1 heterocycles. The molecule has 1 N–H and O–H groups in total. The predicted octanol–water partition coefficient (Wildman–Crippen LogP) is 3.95. The molecule has 0 fully saturated rings. The van der Waals surface area contributed by atoms with Crippen LogP contribution < -0.4 is 5.32 Å². The Labute approximate surface area is 166 Å². The molecule has 0 aliphatic rings. The summed E-state index contributed by atoms with van der Waals surface area (Å²) in [5.74, 6) is -3.45. The van der Waals surface area contributed by atoms with Gasteiger partial charge in [0.15, 0.2) is 6.10 Å². The molecule has 150 valence electrons. The monoisotopic (exact) mass is 399 g/mol. The number of rotatable bonds is 5. The summed E-state index contributed by atoms with van der Waals surface area (Å²) < 4.78 is 34.2. The maximum absolute atomic E-state index is 13.7. The number of benzene rings is 2. The average Bonchev–Trinajstić information content (AvgIpc) is 2.99. The molecule has 0 aliphatic heterocycles. The van der Waals surface area contributed by atoms with Crippen molar-refractivity contribution in [2.75, 3.05) is 5.32 Å². The number of nitrogens with one attached hydrogen (secondary N) is 1. The highest BCUT2D eigenvalue weighted by Gasteiger charge is 2.26. The van der Waals surface area contributed by atoms with Gasteiger partial charge in [-0.2, -0.15) is 5.10 Å². The summed E-state index contributed by atoms with van der Waals surface area (Å²) in [5.41, 5.74) is 1.39. The van der Waals surface area contributed by atoms with Gasteiger partial charge in [-0.3, -0.25) is 4.79 Å². The Kier molecular flexibility index (Phi) is 5.72. The van der Waals surface area contributed by atoms with Crippen molar-refractivity contribution in [3.63, 3.8) is 0 Å². The molecule has 0 spiro atoms.